The number of nitro groups is 1. The standard InChI is InChI=1S/C10H6F2N2O2S/c1-5-13-7(4-17-5)9-6(11)2-3-8(10(9)12)14(15)16/h2-4H,1H3. The summed E-state index contributed by atoms with van der Waals surface area (Å²) >= 11 is 1.22. The summed E-state index contributed by atoms with van der Waals surface area (Å²) in [4.78, 5) is 13.6. The number of benzene rings is 1. The maximum absolute atomic E-state index is 13.8. The van der Waals surface area contributed by atoms with Gasteiger partial charge in [0, 0.05) is 11.4 Å². The van der Waals surface area contributed by atoms with Crippen molar-refractivity contribution in [1.82, 2.24) is 4.98 Å². The minimum Gasteiger partial charge on any atom is -0.258 e. The number of rotatable bonds is 2. The second kappa shape index (κ2) is 4.17. The second-order valence-electron chi connectivity index (χ2n) is 3.26. The van der Waals surface area contributed by atoms with Gasteiger partial charge in [0.1, 0.15) is 5.82 Å². The third-order valence-corrected chi connectivity index (χ3v) is 2.92. The van der Waals surface area contributed by atoms with Crippen LogP contribution in [-0.4, -0.2) is 9.91 Å². The van der Waals surface area contributed by atoms with E-state index < -0.39 is 27.8 Å². The third-order valence-electron chi connectivity index (χ3n) is 2.14. The van der Waals surface area contributed by atoms with Crippen molar-refractivity contribution in [3.05, 3.63) is 44.3 Å². The Morgan fingerprint density at radius 2 is 2.12 bits per heavy atom. The van der Waals surface area contributed by atoms with E-state index >= 15 is 0 Å². The Morgan fingerprint density at radius 1 is 1.41 bits per heavy atom. The van der Waals surface area contributed by atoms with Gasteiger partial charge in [0.05, 0.1) is 21.2 Å². The average Bonchev–Trinajstić information content (AvgIpc) is 2.64. The number of hydrogen-bond donors (Lipinski definition) is 0. The zero-order valence-electron chi connectivity index (χ0n) is 8.61. The lowest BCUT2D eigenvalue weighted by Gasteiger charge is -2.02. The SMILES string of the molecule is Cc1nc(-c2c(F)ccc([N+](=O)[O-])c2F)cs1. The third kappa shape index (κ3) is 2.01. The van der Waals surface area contributed by atoms with Gasteiger partial charge in [-0.25, -0.2) is 9.37 Å². The Labute approximate surface area is 98.7 Å². The number of aromatic nitrogens is 1. The van der Waals surface area contributed by atoms with Crippen molar-refractivity contribution in [2.24, 2.45) is 0 Å². The molecule has 17 heavy (non-hydrogen) atoms. The topological polar surface area (TPSA) is 56.0 Å². The number of nitro benzene ring substituents is 1. The molecular weight excluding hydrogens is 250 g/mol. The van der Waals surface area contributed by atoms with Gasteiger partial charge < -0.3 is 0 Å². The zero-order chi connectivity index (χ0) is 12.6. The van der Waals surface area contributed by atoms with Gasteiger partial charge in [-0.3, -0.25) is 10.1 Å². The fourth-order valence-electron chi connectivity index (χ4n) is 1.40. The van der Waals surface area contributed by atoms with E-state index in [1.165, 1.54) is 16.7 Å². The van der Waals surface area contributed by atoms with Crippen molar-refractivity contribution in [2.75, 3.05) is 0 Å². The van der Waals surface area contributed by atoms with Crippen LogP contribution in [0.15, 0.2) is 17.5 Å². The molecule has 0 fully saturated rings. The summed E-state index contributed by atoms with van der Waals surface area (Å²) in [5.41, 5.74) is -1.14. The first-order chi connectivity index (χ1) is 8.00. The van der Waals surface area contributed by atoms with Crippen LogP contribution in [0.2, 0.25) is 0 Å². The molecule has 1 heterocycles. The van der Waals surface area contributed by atoms with E-state index in [4.69, 9.17) is 0 Å². The lowest BCUT2D eigenvalue weighted by Crippen LogP contribution is -1.97. The maximum atomic E-state index is 13.8. The summed E-state index contributed by atoms with van der Waals surface area (Å²) in [6.45, 7) is 1.68. The highest BCUT2D eigenvalue weighted by molar-refractivity contribution is 7.09. The molecule has 2 aromatic rings. The summed E-state index contributed by atoms with van der Waals surface area (Å²) in [5.74, 6) is -2.06. The van der Waals surface area contributed by atoms with Crippen LogP contribution in [0.1, 0.15) is 5.01 Å². The molecule has 4 nitrogen and oxygen atoms in total. The first-order valence-electron chi connectivity index (χ1n) is 4.55. The summed E-state index contributed by atoms with van der Waals surface area (Å²) in [7, 11) is 0. The molecule has 0 aliphatic carbocycles. The van der Waals surface area contributed by atoms with Gasteiger partial charge in [-0.1, -0.05) is 0 Å². The quantitative estimate of drug-likeness (QED) is 0.611. The molecule has 0 amide bonds. The Bertz CT molecular complexity index is 598. The molecule has 0 aliphatic heterocycles. The molecule has 0 saturated heterocycles. The van der Waals surface area contributed by atoms with Gasteiger partial charge in [0.25, 0.3) is 0 Å². The van der Waals surface area contributed by atoms with Crippen LogP contribution < -0.4 is 0 Å². The highest BCUT2D eigenvalue weighted by Crippen LogP contribution is 2.32. The summed E-state index contributed by atoms with van der Waals surface area (Å²) in [6.07, 6.45) is 0. The van der Waals surface area contributed by atoms with E-state index in [0.717, 1.165) is 12.1 Å². The van der Waals surface area contributed by atoms with E-state index in [-0.39, 0.29) is 5.69 Å². The minimum atomic E-state index is -1.19. The van der Waals surface area contributed by atoms with Crippen LogP contribution in [0, 0.1) is 28.7 Å². The van der Waals surface area contributed by atoms with Gasteiger partial charge in [-0.05, 0) is 13.0 Å². The first-order valence-corrected chi connectivity index (χ1v) is 5.43. The fourth-order valence-corrected chi connectivity index (χ4v) is 2.00. The van der Waals surface area contributed by atoms with Gasteiger partial charge in [-0.15, -0.1) is 11.3 Å². The highest BCUT2D eigenvalue weighted by atomic mass is 32.1. The predicted molar refractivity (Wildman–Crippen MR) is 58.9 cm³/mol. The summed E-state index contributed by atoms with van der Waals surface area (Å²) in [5, 5.41) is 12.6. The molecular formula is C10H6F2N2O2S. The van der Waals surface area contributed by atoms with Crippen molar-refractivity contribution >= 4 is 17.0 Å². The van der Waals surface area contributed by atoms with Crippen molar-refractivity contribution < 1.29 is 13.7 Å². The second-order valence-corrected chi connectivity index (χ2v) is 4.33. The van der Waals surface area contributed by atoms with Gasteiger partial charge in [0.2, 0.25) is 5.82 Å². The molecule has 1 aromatic heterocycles. The van der Waals surface area contributed by atoms with Crippen molar-refractivity contribution in [3.8, 4) is 11.3 Å². The van der Waals surface area contributed by atoms with Crippen LogP contribution in [-0.2, 0) is 0 Å². The molecule has 0 saturated carbocycles. The lowest BCUT2D eigenvalue weighted by molar-refractivity contribution is -0.387. The van der Waals surface area contributed by atoms with Crippen LogP contribution in [0.25, 0.3) is 11.3 Å². The monoisotopic (exact) mass is 256 g/mol. The van der Waals surface area contributed by atoms with Crippen molar-refractivity contribution in [2.45, 2.75) is 6.92 Å². The molecule has 0 bridgehead atoms. The fraction of sp³-hybridized carbons (Fsp3) is 0.100. The van der Waals surface area contributed by atoms with Crippen molar-refractivity contribution in [1.29, 1.82) is 0 Å². The van der Waals surface area contributed by atoms with E-state index in [1.807, 2.05) is 0 Å². The Hall–Kier alpha value is -1.89. The Morgan fingerprint density at radius 3 is 2.65 bits per heavy atom. The molecule has 0 unspecified atom stereocenters. The zero-order valence-corrected chi connectivity index (χ0v) is 9.42. The molecule has 0 radical (unpaired) electrons. The number of thiazole rings is 1. The Balaban J connectivity index is 2.68. The van der Waals surface area contributed by atoms with E-state index in [1.54, 1.807) is 6.92 Å². The van der Waals surface area contributed by atoms with Crippen LogP contribution in [0.3, 0.4) is 0 Å². The molecule has 0 N–H and O–H groups in total. The van der Waals surface area contributed by atoms with E-state index in [0.29, 0.717) is 5.01 Å². The average molecular weight is 256 g/mol. The van der Waals surface area contributed by atoms with Gasteiger partial charge >= 0.3 is 5.69 Å². The number of nitrogens with zero attached hydrogens (tertiary/aromatic N) is 2. The van der Waals surface area contributed by atoms with Crippen molar-refractivity contribution in [3.63, 3.8) is 0 Å². The summed E-state index contributed by atoms with van der Waals surface area (Å²) < 4.78 is 27.3. The molecule has 1 aromatic carbocycles. The molecule has 2 rings (SSSR count). The van der Waals surface area contributed by atoms with Crippen LogP contribution in [0.4, 0.5) is 14.5 Å². The molecule has 0 atom stereocenters. The van der Waals surface area contributed by atoms with E-state index in [9.17, 15) is 18.9 Å². The van der Waals surface area contributed by atoms with Gasteiger partial charge in [-0.2, -0.15) is 4.39 Å². The number of halogens is 2. The lowest BCUT2D eigenvalue weighted by atomic mass is 10.1. The molecule has 0 aliphatic rings. The first kappa shape index (κ1) is 11.6. The van der Waals surface area contributed by atoms with Crippen LogP contribution >= 0.6 is 11.3 Å². The molecule has 7 heteroatoms. The number of hydrogen-bond acceptors (Lipinski definition) is 4. The van der Waals surface area contributed by atoms with Crippen LogP contribution in [0.5, 0.6) is 0 Å². The predicted octanol–water partition coefficient (Wildman–Crippen LogP) is 3.30. The summed E-state index contributed by atoms with van der Waals surface area (Å²) in [6, 6.07) is 1.67. The Kier molecular flexibility index (Phi) is 2.84. The highest BCUT2D eigenvalue weighted by Gasteiger charge is 2.23. The molecule has 0 spiro atoms. The van der Waals surface area contributed by atoms with E-state index in [2.05, 4.69) is 4.98 Å². The number of aryl methyl sites for hydroxylation is 1. The largest absolute Gasteiger partial charge is 0.305 e. The maximum Gasteiger partial charge on any atom is 0.305 e. The minimum absolute atomic E-state index is 0.0752. The smallest absolute Gasteiger partial charge is 0.258 e. The molecule has 88 valence electrons. The van der Waals surface area contributed by atoms with Gasteiger partial charge in [0.15, 0.2) is 0 Å². The normalized spacial score (nSPS) is 10.5.